The van der Waals surface area contributed by atoms with Crippen molar-refractivity contribution in [3.05, 3.63) is 59.7 Å². The Balaban J connectivity index is 1.83. The third kappa shape index (κ3) is 4.63. The number of anilines is 1. The average molecular weight is 283 g/mol. The Morgan fingerprint density at radius 1 is 0.905 bits per heavy atom. The number of carbonyl (C=O) groups is 1. The first-order valence-corrected chi connectivity index (χ1v) is 7.31. The summed E-state index contributed by atoms with van der Waals surface area (Å²) in [6.45, 7) is 4.22. The third-order valence-electron chi connectivity index (χ3n) is 3.35. The van der Waals surface area contributed by atoms with Crippen LogP contribution < -0.4 is 10.1 Å². The second-order valence-electron chi connectivity index (χ2n) is 4.88. The molecule has 0 saturated carbocycles. The predicted molar refractivity (Wildman–Crippen MR) is 85.8 cm³/mol. The molecule has 110 valence electrons. The van der Waals surface area contributed by atoms with Gasteiger partial charge in [-0.05, 0) is 48.2 Å². The maximum absolute atomic E-state index is 11.8. The van der Waals surface area contributed by atoms with Crippen molar-refractivity contribution in [1.29, 1.82) is 0 Å². The van der Waals surface area contributed by atoms with E-state index in [0.717, 1.165) is 18.5 Å². The zero-order valence-electron chi connectivity index (χ0n) is 12.6. The summed E-state index contributed by atoms with van der Waals surface area (Å²) in [6, 6.07) is 15.6. The Morgan fingerprint density at radius 2 is 1.43 bits per heavy atom. The lowest BCUT2D eigenvalue weighted by Crippen LogP contribution is -2.20. The highest BCUT2D eigenvalue weighted by Crippen LogP contribution is 2.13. The van der Waals surface area contributed by atoms with Crippen LogP contribution in [0, 0.1) is 0 Å². The normalized spacial score (nSPS) is 10.2. The molecule has 2 rings (SSSR count). The van der Waals surface area contributed by atoms with Crippen molar-refractivity contribution < 1.29 is 9.53 Å². The Labute approximate surface area is 126 Å². The molecule has 0 saturated heterocycles. The molecule has 3 heteroatoms. The molecule has 0 bridgehead atoms. The summed E-state index contributed by atoms with van der Waals surface area (Å²) in [5, 5.41) is 2.82. The van der Waals surface area contributed by atoms with E-state index in [4.69, 9.17) is 4.74 Å². The van der Waals surface area contributed by atoms with E-state index < -0.39 is 0 Å². The lowest BCUT2D eigenvalue weighted by Gasteiger charge is -2.08. The Morgan fingerprint density at radius 3 is 1.95 bits per heavy atom. The number of hydrogen-bond donors (Lipinski definition) is 1. The first kappa shape index (κ1) is 15.1. The van der Waals surface area contributed by atoms with Gasteiger partial charge in [0.25, 0.3) is 5.91 Å². The summed E-state index contributed by atoms with van der Waals surface area (Å²) in [5.41, 5.74) is 3.30. The van der Waals surface area contributed by atoms with Gasteiger partial charge in [0.05, 0.1) is 0 Å². The van der Waals surface area contributed by atoms with E-state index in [1.54, 1.807) is 0 Å². The third-order valence-corrected chi connectivity index (χ3v) is 3.35. The van der Waals surface area contributed by atoms with Gasteiger partial charge < -0.3 is 10.1 Å². The maximum atomic E-state index is 11.8. The van der Waals surface area contributed by atoms with Crippen LogP contribution >= 0.6 is 0 Å². The predicted octanol–water partition coefficient (Wildman–Crippen LogP) is 3.83. The van der Waals surface area contributed by atoms with Gasteiger partial charge in [-0.25, -0.2) is 0 Å². The first-order valence-electron chi connectivity index (χ1n) is 7.31. The minimum absolute atomic E-state index is 0.0149. The van der Waals surface area contributed by atoms with Crippen molar-refractivity contribution >= 4 is 11.6 Å². The van der Waals surface area contributed by atoms with Crippen LogP contribution in [0.3, 0.4) is 0 Å². The summed E-state index contributed by atoms with van der Waals surface area (Å²) in [4.78, 5) is 11.8. The Kier molecular flexibility index (Phi) is 5.38. The van der Waals surface area contributed by atoms with Gasteiger partial charge in [0.15, 0.2) is 6.61 Å². The number of benzene rings is 2. The second kappa shape index (κ2) is 7.48. The van der Waals surface area contributed by atoms with Crippen LogP contribution in [0.1, 0.15) is 25.0 Å². The monoisotopic (exact) mass is 283 g/mol. The van der Waals surface area contributed by atoms with Gasteiger partial charge in [-0.1, -0.05) is 38.1 Å². The van der Waals surface area contributed by atoms with E-state index in [1.807, 2.05) is 48.5 Å². The fourth-order valence-electron chi connectivity index (χ4n) is 1.99. The molecule has 2 aromatic carbocycles. The zero-order valence-corrected chi connectivity index (χ0v) is 12.6. The highest BCUT2D eigenvalue weighted by Gasteiger charge is 2.04. The zero-order chi connectivity index (χ0) is 15.1. The van der Waals surface area contributed by atoms with Gasteiger partial charge in [0.1, 0.15) is 5.75 Å². The molecule has 0 unspecified atom stereocenters. The second-order valence-corrected chi connectivity index (χ2v) is 4.88. The van der Waals surface area contributed by atoms with Crippen molar-refractivity contribution in [1.82, 2.24) is 0 Å². The summed E-state index contributed by atoms with van der Waals surface area (Å²) >= 11 is 0. The van der Waals surface area contributed by atoms with Crippen LogP contribution in [0.2, 0.25) is 0 Å². The van der Waals surface area contributed by atoms with Gasteiger partial charge in [-0.3, -0.25) is 4.79 Å². The maximum Gasteiger partial charge on any atom is 0.262 e. The van der Waals surface area contributed by atoms with Crippen molar-refractivity contribution in [3.8, 4) is 5.75 Å². The van der Waals surface area contributed by atoms with Crippen LogP contribution in [-0.2, 0) is 17.6 Å². The molecule has 0 aliphatic rings. The first-order chi connectivity index (χ1) is 10.2. The summed E-state index contributed by atoms with van der Waals surface area (Å²) in [5.74, 6) is 0.558. The molecule has 0 radical (unpaired) electrons. The molecule has 2 aromatic rings. The van der Waals surface area contributed by atoms with Crippen LogP contribution in [-0.4, -0.2) is 12.5 Å². The fraction of sp³-hybridized carbons (Fsp3) is 0.278. The smallest absolute Gasteiger partial charge is 0.262 e. The van der Waals surface area contributed by atoms with Crippen LogP contribution in [0.25, 0.3) is 0 Å². The summed E-state index contributed by atoms with van der Waals surface area (Å²) in [6.07, 6.45) is 1.99. The molecule has 0 spiro atoms. The van der Waals surface area contributed by atoms with E-state index in [2.05, 4.69) is 19.2 Å². The number of carbonyl (C=O) groups excluding carboxylic acids is 1. The SMILES string of the molecule is CCc1ccc(NC(=O)COc2ccc(CC)cc2)cc1. The lowest BCUT2D eigenvalue weighted by molar-refractivity contribution is -0.118. The molecule has 0 heterocycles. The van der Waals surface area contributed by atoms with E-state index in [0.29, 0.717) is 5.75 Å². The average Bonchev–Trinajstić information content (AvgIpc) is 2.54. The summed E-state index contributed by atoms with van der Waals surface area (Å²) < 4.78 is 5.47. The Bertz CT molecular complexity index is 573. The minimum atomic E-state index is -0.154. The quantitative estimate of drug-likeness (QED) is 0.875. The van der Waals surface area contributed by atoms with E-state index in [9.17, 15) is 4.79 Å². The number of ether oxygens (including phenoxy) is 1. The molecule has 1 N–H and O–H groups in total. The number of hydrogen-bond acceptors (Lipinski definition) is 2. The van der Waals surface area contributed by atoms with Crippen molar-refractivity contribution in [3.63, 3.8) is 0 Å². The molecule has 0 aliphatic carbocycles. The van der Waals surface area contributed by atoms with Gasteiger partial charge in [-0.2, -0.15) is 0 Å². The van der Waals surface area contributed by atoms with E-state index in [1.165, 1.54) is 11.1 Å². The number of rotatable bonds is 6. The molecule has 0 atom stereocenters. The molecule has 1 amide bonds. The van der Waals surface area contributed by atoms with Gasteiger partial charge in [0.2, 0.25) is 0 Å². The summed E-state index contributed by atoms with van der Waals surface area (Å²) in [7, 11) is 0. The van der Waals surface area contributed by atoms with Gasteiger partial charge >= 0.3 is 0 Å². The van der Waals surface area contributed by atoms with Gasteiger partial charge in [0, 0.05) is 5.69 Å². The number of nitrogens with one attached hydrogen (secondary N) is 1. The molecule has 0 aromatic heterocycles. The highest BCUT2D eigenvalue weighted by atomic mass is 16.5. The van der Waals surface area contributed by atoms with E-state index >= 15 is 0 Å². The highest BCUT2D eigenvalue weighted by molar-refractivity contribution is 5.91. The topological polar surface area (TPSA) is 38.3 Å². The molecule has 3 nitrogen and oxygen atoms in total. The molecule has 0 aliphatic heterocycles. The standard InChI is InChI=1S/C18H21NO2/c1-3-14-5-9-16(10-6-14)19-18(20)13-21-17-11-7-15(4-2)8-12-17/h5-12H,3-4,13H2,1-2H3,(H,19,20). The number of aryl methyl sites for hydroxylation is 2. The molecule has 0 fully saturated rings. The van der Waals surface area contributed by atoms with Crippen LogP contribution in [0.4, 0.5) is 5.69 Å². The van der Waals surface area contributed by atoms with Crippen molar-refractivity contribution in [2.45, 2.75) is 26.7 Å². The number of amides is 1. The van der Waals surface area contributed by atoms with Crippen molar-refractivity contribution in [2.24, 2.45) is 0 Å². The minimum Gasteiger partial charge on any atom is -0.484 e. The molecular weight excluding hydrogens is 262 g/mol. The van der Waals surface area contributed by atoms with Crippen LogP contribution in [0.15, 0.2) is 48.5 Å². The largest absolute Gasteiger partial charge is 0.484 e. The molecular formula is C18H21NO2. The van der Waals surface area contributed by atoms with Crippen molar-refractivity contribution in [2.75, 3.05) is 11.9 Å². The van der Waals surface area contributed by atoms with E-state index in [-0.39, 0.29) is 12.5 Å². The lowest BCUT2D eigenvalue weighted by atomic mass is 10.1. The van der Waals surface area contributed by atoms with Gasteiger partial charge in [-0.15, -0.1) is 0 Å². The fourth-order valence-corrected chi connectivity index (χ4v) is 1.99. The van der Waals surface area contributed by atoms with Crippen LogP contribution in [0.5, 0.6) is 5.75 Å². The Hall–Kier alpha value is -2.29. The molecule has 21 heavy (non-hydrogen) atoms.